The van der Waals surface area contributed by atoms with Gasteiger partial charge in [-0.3, -0.25) is 4.99 Å². The molecule has 4 heteroatoms. The van der Waals surface area contributed by atoms with Gasteiger partial charge in [-0.05, 0) is 19.9 Å². The SMILES string of the molecule is Cc1nccc(C2=NCC(C)N2)n1. The van der Waals surface area contributed by atoms with Crippen molar-refractivity contribution in [2.75, 3.05) is 6.54 Å². The Labute approximate surface area is 77.1 Å². The molecule has 0 aromatic carbocycles. The Kier molecular flexibility index (Phi) is 1.96. The second-order valence-corrected chi connectivity index (χ2v) is 3.22. The van der Waals surface area contributed by atoms with Gasteiger partial charge in [0.15, 0.2) is 0 Å². The van der Waals surface area contributed by atoms with Crippen molar-refractivity contribution in [2.24, 2.45) is 4.99 Å². The first-order valence-corrected chi connectivity index (χ1v) is 4.37. The minimum absolute atomic E-state index is 0.422. The van der Waals surface area contributed by atoms with Gasteiger partial charge in [-0.15, -0.1) is 0 Å². The van der Waals surface area contributed by atoms with Crippen molar-refractivity contribution in [1.29, 1.82) is 0 Å². The molecule has 0 aliphatic carbocycles. The zero-order chi connectivity index (χ0) is 9.26. The first-order chi connectivity index (χ1) is 6.25. The van der Waals surface area contributed by atoms with Crippen LogP contribution in [-0.4, -0.2) is 28.4 Å². The molecular formula is C9H12N4. The average Bonchev–Trinajstić information content (AvgIpc) is 2.52. The highest BCUT2D eigenvalue weighted by Crippen LogP contribution is 2.02. The summed E-state index contributed by atoms with van der Waals surface area (Å²) in [5, 5.41) is 3.26. The minimum Gasteiger partial charge on any atom is -0.364 e. The van der Waals surface area contributed by atoms with Crippen LogP contribution in [0, 0.1) is 6.92 Å². The molecule has 1 unspecified atom stereocenters. The number of nitrogens with one attached hydrogen (secondary N) is 1. The lowest BCUT2D eigenvalue weighted by molar-refractivity contribution is 0.725. The summed E-state index contributed by atoms with van der Waals surface area (Å²) >= 11 is 0. The maximum Gasteiger partial charge on any atom is 0.147 e. The van der Waals surface area contributed by atoms with Crippen molar-refractivity contribution in [3.8, 4) is 0 Å². The Morgan fingerprint density at radius 2 is 2.38 bits per heavy atom. The lowest BCUT2D eigenvalue weighted by Crippen LogP contribution is -2.28. The van der Waals surface area contributed by atoms with Crippen LogP contribution < -0.4 is 5.32 Å². The van der Waals surface area contributed by atoms with E-state index >= 15 is 0 Å². The normalized spacial score (nSPS) is 21.1. The van der Waals surface area contributed by atoms with E-state index in [9.17, 15) is 0 Å². The molecular weight excluding hydrogens is 164 g/mol. The Morgan fingerprint density at radius 3 is 3.00 bits per heavy atom. The van der Waals surface area contributed by atoms with Gasteiger partial charge < -0.3 is 5.32 Å². The molecule has 1 atom stereocenters. The summed E-state index contributed by atoms with van der Waals surface area (Å²) in [6, 6.07) is 2.29. The van der Waals surface area contributed by atoms with Crippen molar-refractivity contribution in [3.05, 3.63) is 23.8 Å². The highest BCUT2D eigenvalue weighted by atomic mass is 15.1. The van der Waals surface area contributed by atoms with E-state index in [1.165, 1.54) is 0 Å². The maximum atomic E-state index is 4.34. The van der Waals surface area contributed by atoms with Crippen LogP contribution in [0.15, 0.2) is 17.3 Å². The van der Waals surface area contributed by atoms with Gasteiger partial charge in [0.25, 0.3) is 0 Å². The van der Waals surface area contributed by atoms with Crippen LogP contribution in [0.25, 0.3) is 0 Å². The van der Waals surface area contributed by atoms with E-state index < -0.39 is 0 Å². The van der Waals surface area contributed by atoms with Crippen LogP contribution in [0.3, 0.4) is 0 Å². The van der Waals surface area contributed by atoms with Crippen LogP contribution in [0.1, 0.15) is 18.4 Å². The summed E-state index contributed by atoms with van der Waals surface area (Å²) < 4.78 is 0. The number of nitrogens with zero attached hydrogens (tertiary/aromatic N) is 3. The minimum atomic E-state index is 0.422. The number of aromatic nitrogens is 2. The summed E-state index contributed by atoms with van der Waals surface area (Å²) in [4.78, 5) is 12.7. The molecule has 1 aromatic rings. The Morgan fingerprint density at radius 1 is 1.54 bits per heavy atom. The largest absolute Gasteiger partial charge is 0.364 e. The van der Waals surface area contributed by atoms with E-state index in [0.29, 0.717) is 6.04 Å². The van der Waals surface area contributed by atoms with Gasteiger partial charge in [-0.2, -0.15) is 0 Å². The van der Waals surface area contributed by atoms with E-state index in [1.54, 1.807) is 6.20 Å². The number of amidine groups is 1. The molecule has 0 radical (unpaired) electrons. The van der Waals surface area contributed by atoms with Crippen LogP contribution in [0.2, 0.25) is 0 Å². The molecule has 1 aliphatic rings. The van der Waals surface area contributed by atoms with Gasteiger partial charge in [0.1, 0.15) is 17.4 Å². The quantitative estimate of drug-likeness (QED) is 0.678. The fourth-order valence-corrected chi connectivity index (χ4v) is 1.30. The molecule has 1 aliphatic heterocycles. The predicted molar refractivity (Wildman–Crippen MR) is 50.8 cm³/mol. The lowest BCUT2D eigenvalue weighted by atomic mass is 10.3. The van der Waals surface area contributed by atoms with Crippen molar-refractivity contribution >= 4 is 5.84 Å². The average molecular weight is 176 g/mol. The summed E-state index contributed by atoms with van der Waals surface area (Å²) in [5.41, 5.74) is 0.886. The van der Waals surface area contributed by atoms with Crippen LogP contribution in [0.4, 0.5) is 0 Å². The Bertz CT molecular complexity index is 345. The number of hydrogen-bond acceptors (Lipinski definition) is 4. The van der Waals surface area contributed by atoms with E-state index in [2.05, 4.69) is 27.2 Å². The summed E-state index contributed by atoms with van der Waals surface area (Å²) in [7, 11) is 0. The molecule has 1 N–H and O–H groups in total. The van der Waals surface area contributed by atoms with Crippen molar-refractivity contribution in [3.63, 3.8) is 0 Å². The Hall–Kier alpha value is -1.45. The molecule has 4 nitrogen and oxygen atoms in total. The summed E-state index contributed by atoms with van der Waals surface area (Å²) in [6.45, 7) is 4.81. The molecule has 0 saturated carbocycles. The lowest BCUT2D eigenvalue weighted by Gasteiger charge is -2.04. The van der Waals surface area contributed by atoms with Crippen molar-refractivity contribution in [2.45, 2.75) is 19.9 Å². The van der Waals surface area contributed by atoms with Crippen molar-refractivity contribution in [1.82, 2.24) is 15.3 Å². The van der Waals surface area contributed by atoms with E-state index in [1.807, 2.05) is 13.0 Å². The topological polar surface area (TPSA) is 50.2 Å². The van der Waals surface area contributed by atoms with Crippen LogP contribution >= 0.6 is 0 Å². The Balaban J connectivity index is 2.26. The molecule has 2 rings (SSSR count). The van der Waals surface area contributed by atoms with Gasteiger partial charge in [0.05, 0.1) is 6.54 Å². The first-order valence-electron chi connectivity index (χ1n) is 4.37. The van der Waals surface area contributed by atoms with Crippen LogP contribution in [0.5, 0.6) is 0 Å². The standard InChI is InChI=1S/C9H12N4/c1-6-5-11-9(12-6)8-3-4-10-7(2)13-8/h3-4,6H,5H2,1-2H3,(H,11,12). The third-order valence-corrected chi connectivity index (χ3v) is 1.93. The van der Waals surface area contributed by atoms with Gasteiger partial charge in [0, 0.05) is 12.2 Å². The summed E-state index contributed by atoms with van der Waals surface area (Å²) in [5.74, 6) is 1.67. The third kappa shape index (κ3) is 1.66. The summed E-state index contributed by atoms with van der Waals surface area (Å²) in [6.07, 6.45) is 1.75. The second-order valence-electron chi connectivity index (χ2n) is 3.22. The molecule has 0 bridgehead atoms. The van der Waals surface area contributed by atoms with Crippen molar-refractivity contribution < 1.29 is 0 Å². The molecule has 1 aromatic heterocycles. The highest BCUT2D eigenvalue weighted by Gasteiger charge is 2.14. The number of rotatable bonds is 1. The van der Waals surface area contributed by atoms with Crippen LogP contribution in [-0.2, 0) is 0 Å². The fraction of sp³-hybridized carbons (Fsp3) is 0.444. The van der Waals surface area contributed by atoms with E-state index in [4.69, 9.17) is 0 Å². The molecule has 0 saturated heterocycles. The maximum absolute atomic E-state index is 4.34. The monoisotopic (exact) mass is 176 g/mol. The first kappa shape index (κ1) is 8.16. The zero-order valence-electron chi connectivity index (χ0n) is 7.78. The van der Waals surface area contributed by atoms with Gasteiger partial charge in [-0.25, -0.2) is 9.97 Å². The molecule has 0 spiro atoms. The highest BCUT2D eigenvalue weighted by molar-refractivity contribution is 5.98. The van der Waals surface area contributed by atoms with Gasteiger partial charge in [0.2, 0.25) is 0 Å². The smallest absolute Gasteiger partial charge is 0.147 e. The second kappa shape index (κ2) is 3.12. The molecule has 68 valence electrons. The molecule has 0 fully saturated rings. The predicted octanol–water partition coefficient (Wildman–Crippen LogP) is 0.523. The fourth-order valence-electron chi connectivity index (χ4n) is 1.30. The molecule has 0 amide bonds. The zero-order valence-corrected chi connectivity index (χ0v) is 7.78. The van der Waals surface area contributed by atoms with Gasteiger partial charge >= 0.3 is 0 Å². The van der Waals surface area contributed by atoms with Gasteiger partial charge in [-0.1, -0.05) is 0 Å². The third-order valence-electron chi connectivity index (χ3n) is 1.93. The van der Waals surface area contributed by atoms with E-state index in [0.717, 1.165) is 23.9 Å². The number of hydrogen-bond donors (Lipinski definition) is 1. The van der Waals surface area contributed by atoms with E-state index in [-0.39, 0.29) is 0 Å². The molecule has 2 heterocycles. The number of aliphatic imine (C=N–C) groups is 1. The molecule has 13 heavy (non-hydrogen) atoms. The number of aryl methyl sites for hydroxylation is 1.